The zero-order valence-electron chi connectivity index (χ0n) is 13.4. The lowest BCUT2D eigenvalue weighted by Crippen LogP contribution is -2.38. The van der Waals surface area contributed by atoms with Crippen molar-refractivity contribution in [3.63, 3.8) is 0 Å². The fourth-order valence-electron chi connectivity index (χ4n) is 2.56. The van der Waals surface area contributed by atoms with E-state index in [1.54, 1.807) is 0 Å². The Morgan fingerprint density at radius 3 is 2.42 bits per heavy atom. The van der Waals surface area contributed by atoms with Crippen molar-refractivity contribution in [1.29, 1.82) is 0 Å². The second-order valence-corrected chi connectivity index (χ2v) is 8.05. The molecule has 0 saturated carbocycles. The first kappa shape index (κ1) is 18.4. The standard InChI is InChI=1S/C16H20FNO5S/c1-2-3-10-24(22,23)13-6-4-12(5-7-13)14(19)18-9-8-16(17,11-18)15(20)21/h4-7H,2-3,8-11H2,1H3,(H,20,21). The topological polar surface area (TPSA) is 91.8 Å². The van der Waals surface area contributed by atoms with Crippen molar-refractivity contribution in [2.45, 2.75) is 36.8 Å². The second kappa shape index (κ2) is 6.88. The molecule has 0 radical (unpaired) electrons. The number of aliphatic carboxylic acids is 1. The molecule has 0 aliphatic carbocycles. The average Bonchev–Trinajstić information content (AvgIpc) is 2.96. The highest BCUT2D eigenvalue weighted by atomic mass is 32.2. The summed E-state index contributed by atoms with van der Waals surface area (Å²) in [6.07, 6.45) is 1.07. The molecule has 1 atom stereocenters. The molecule has 6 nitrogen and oxygen atoms in total. The molecule has 1 aliphatic rings. The van der Waals surface area contributed by atoms with Gasteiger partial charge in [0.05, 0.1) is 17.2 Å². The Morgan fingerprint density at radius 1 is 1.29 bits per heavy atom. The first-order valence-electron chi connectivity index (χ1n) is 7.74. The highest BCUT2D eigenvalue weighted by molar-refractivity contribution is 7.91. The molecule has 1 saturated heterocycles. The molecule has 1 heterocycles. The van der Waals surface area contributed by atoms with Crippen molar-refractivity contribution in [3.8, 4) is 0 Å². The number of hydrogen-bond donors (Lipinski definition) is 1. The third-order valence-electron chi connectivity index (χ3n) is 4.12. The summed E-state index contributed by atoms with van der Waals surface area (Å²) in [7, 11) is -3.38. The van der Waals surface area contributed by atoms with Crippen LogP contribution in [0.2, 0.25) is 0 Å². The number of benzene rings is 1. The molecule has 8 heteroatoms. The van der Waals surface area contributed by atoms with Gasteiger partial charge in [0.1, 0.15) is 0 Å². The predicted octanol–water partition coefficient (Wildman–Crippen LogP) is 1.90. The van der Waals surface area contributed by atoms with Gasteiger partial charge in [0.2, 0.25) is 5.67 Å². The molecule has 1 unspecified atom stereocenters. The molecule has 0 spiro atoms. The Hall–Kier alpha value is -1.96. The Balaban J connectivity index is 2.11. The number of halogens is 1. The molecule has 1 aromatic carbocycles. The first-order valence-corrected chi connectivity index (χ1v) is 9.39. The maximum Gasteiger partial charge on any atom is 0.343 e. The summed E-state index contributed by atoms with van der Waals surface area (Å²) in [6, 6.07) is 5.46. The Labute approximate surface area is 140 Å². The Kier molecular flexibility index (Phi) is 5.27. The normalized spacial score (nSPS) is 21.0. The van der Waals surface area contributed by atoms with E-state index in [1.165, 1.54) is 24.3 Å². The molecule has 1 aliphatic heterocycles. The van der Waals surface area contributed by atoms with Crippen molar-refractivity contribution in [2.24, 2.45) is 0 Å². The Bertz CT molecular complexity index is 731. The van der Waals surface area contributed by atoms with Crippen LogP contribution < -0.4 is 0 Å². The Morgan fingerprint density at radius 2 is 1.92 bits per heavy atom. The van der Waals surface area contributed by atoms with E-state index < -0.39 is 33.9 Å². The maximum atomic E-state index is 14.0. The van der Waals surface area contributed by atoms with Crippen molar-refractivity contribution in [1.82, 2.24) is 4.90 Å². The van der Waals surface area contributed by atoms with Gasteiger partial charge in [-0.2, -0.15) is 0 Å². The summed E-state index contributed by atoms with van der Waals surface area (Å²) in [4.78, 5) is 24.5. The number of amides is 1. The van der Waals surface area contributed by atoms with Gasteiger partial charge >= 0.3 is 5.97 Å². The highest BCUT2D eigenvalue weighted by Crippen LogP contribution is 2.27. The number of carboxylic acids is 1. The average molecular weight is 357 g/mol. The third kappa shape index (κ3) is 3.75. The quantitative estimate of drug-likeness (QED) is 0.839. The third-order valence-corrected chi connectivity index (χ3v) is 5.93. The lowest BCUT2D eigenvalue weighted by atomic mass is 10.1. The van der Waals surface area contributed by atoms with Gasteiger partial charge in [0, 0.05) is 18.5 Å². The van der Waals surface area contributed by atoms with Gasteiger partial charge in [-0.1, -0.05) is 13.3 Å². The molecule has 1 aromatic rings. The van der Waals surface area contributed by atoms with E-state index in [9.17, 15) is 22.4 Å². The molecule has 1 N–H and O–H groups in total. The number of nitrogens with zero attached hydrogens (tertiary/aromatic N) is 1. The van der Waals surface area contributed by atoms with Crippen molar-refractivity contribution in [3.05, 3.63) is 29.8 Å². The van der Waals surface area contributed by atoms with Gasteiger partial charge in [0.25, 0.3) is 5.91 Å². The van der Waals surface area contributed by atoms with Gasteiger partial charge in [-0.3, -0.25) is 4.79 Å². The van der Waals surface area contributed by atoms with E-state index in [-0.39, 0.29) is 29.2 Å². The fourth-order valence-corrected chi connectivity index (χ4v) is 4.02. The van der Waals surface area contributed by atoms with E-state index in [0.717, 1.165) is 11.3 Å². The molecule has 132 valence electrons. The lowest BCUT2D eigenvalue weighted by Gasteiger charge is -2.18. The van der Waals surface area contributed by atoms with Crippen molar-refractivity contribution >= 4 is 21.7 Å². The SMILES string of the molecule is CCCCS(=O)(=O)c1ccc(C(=O)N2CCC(F)(C(=O)O)C2)cc1. The minimum absolute atomic E-state index is 0.0121. The van der Waals surface area contributed by atoms with Gasteiger partial charge in [0.15, 0.2) is 9.84 Å². The molecular weight excluding hydrogens is 337 g/mol. The van der Waals surface area contributed by atoms with E-state index in [1.807, 2.05) is 6.92 Å². The van der Waals surface area contributed by atoms with E-state index in [0.29, 0.717) is 6.42 Å². The maximum absolute atomic E-state index is 14.0. The van der Waals surface area contributed by atoms with Crippen LogP contribution in [-0.4, -0.2) is 54.8 Å². The lowest BCUT2D eigenvalue weighted by molar-refractivity contribution is -0.149. The van der Waals surface area contributed by atoms with Gasteiger partial charge in [-0.25, -0.2) is 17.6 Å². The van der Waals surface area contributed by atoms with Crippen LogP contribution in [0.15, 0.2) is 29.2 Å². The van der Waals surface area contributed by atoms with Gasteiger partial charge in [-0.15, -0.1) is 0 Å². The fraction of sp³-hybridized carbons (Fsp3) is 0.500. The van der Waals surface area contributed by atoms with Crippen LogP contribution in [0.3, 0.4) is 0 Å². The van der Waals surface area contributed by atoms with Crippen LogP contribution in [0.25, 0.3) is 0 Å². The summed E-state index contributed by atoms with van der Waals surface area (Å²) in [5.41, 5.74) is -2.21. The highest BCUT2D eigenvalue weighted by Gasteiger charge is 2.46. The summed E-state index contributed by atoms with van der Waals surface area (Å²) in [5, 5.41) is 8.86. The van der Waals surface area contributed by atoms with Crippen molar-refractivity contribution < 1.29 is 27.5 Å². The molecule has 24 heavy (non-hydrogen) atoms. The largest absolute Gasteiger partial charge is 0.479 e. The predicted molar refractivity (Wildman–Crippen MR) is 85.4 cm³/mol. The van der Waals surface area contributed by atoms with Crippen LogP contribution >= 0.6 is 0 Å². The van der Waals surface area contributed by atoms with Gasteiger partial charge in [-0.05, 0) is 30.7 Å². The molecule has 1 amide bonds. The number of sulfone groups is 1. The number of unbranched alkanes of at least 4 members (excludes halogenated alkanes) is 1. The summed E-state index contributed by atoms with van der Waals surface area (Å²) < 4.78 is 38.2. The number of hydrogen-bond acceptors (Lipinski definition) is 4. The van der Waals surface area contributed by atoms with Crippen LogP contribution in [-0.2, 0) is 14.6 Å². The molecule has 0 aromatic heterocycles. The molecular formula is C16H20FNO5S. The van der Waals surface area contributed by atoms with E-state index in [4.69, 9.17) is 5.11 Å². The second-order valence-electron chi connectivity index (χ2n) is 5.94. The minimum atomic E-state index is -3.38. The van der Waals surface area contributed by atoms with Crippen LogP contribution in [0.5, 0.6) is 0 Å². The van der Waals surface area contributed by atoms with Gasteiger partial charge < -0.3 is 10.0 Å². The summed E-state index contributed by atoms with van der Waals surface area (Å²) in [6.45, 7) is 1.41. The number of carboxylic acid groups (broad SMARTS) is 1. The molecule has 2 rings (SSSR count). The number of likely N-dealkylation sites (tertiary alicyclic amines) is 1. The minimum Gasteiger partial charge on any atom is -0.479 e. The number of carbonyl (C=O) groups is 2. The number of rotatable bonds is 6. The summed E-state index contributed by atoms with van der Waals surface area (Å²) >= 11 is 0. The zero-order chi connectivity index (χ0) is 18.0. The van der Waals surface area contributed by atoms with Crippen LogP contribution in [0.4, 0.5) is 4.39 Å². The smallest absolute Gasteiger partial charge is 0.343 e. The monoisotopic (exact) mass is 357 g/mol. The van der Waals surface area contributed by atoms with E-state index >= 15 is 0 Å². The van der Waals surface area contributed by atoms with E-state index in [2.05, 4.69) is 0 Å². The zero-order valence-corrected chi connectivity index (χ0v) is 14.2. The molecule has 0 bridgehead atoms. The van der Waals surface area contributed by atoms with Crippen LogP contribution in [0.1, 0.15) is 36.5 Å². The van der Waals surface area contributed by atoms with Crippen LogP contribution in [0, 0.1) is 0 Å². The first-order chi connectivity index (χ1) is 11.2. The number of alkyl halides is 1. The summed E-state index contributed by atoms with van der Waals surface area (Å²) in [5.74, 6) is -2.03. The molecule has 1 fully saturated rings. The number of carbonyl (C=O) groups excluding carboxylic acids is 1. The van der Waals surface area contributed by atoms with Crippen molar-refractivity contribution in [2.75, 3.05) is 18.8 Å².